The number of rotatable bonds is 3. The Labute approximate surface area is 44.3 Å². The first-order valence-electron chi connectivity index (χ1n) is 2.25. The lowest BCUT2D eigenvalue weighted by molar-refractivity contribution is 0.291. The maximum Gasteiger partial charge on any atom is 0.105 e. The van der Waals surface area contributed by atoms with Gasteiger partial charge >= 0.3 is 0 Å². The highest BCUT2D eigenvalue weighted by Gasteiger charge is 1.64. The maximum atomic E-state index is 4.75. The number of ether oxygens (including phenoxy) is 1. The largest absolute Gasteiger partial charge is 0.498 e. The minimum absolute atomic E-state index is 0.639. The number of hydrogen-bond acceptors (Lipinski definition) is 1. The van der Waals surface area contributed by atoms with Gasteiger partial charge in [0.15, 0.2) is 0 Å². The Morgan fingerprint density at radius 2 is 2.43 bits per heavy atom. The molecule has 0 aromatic heterocycles. The predicted octanol–water partition coefficient (Wildman–Crippen LogP) is 1.72. The molecule has 0 aliphatic carbocycles. The van der Waals surface area contributed by atoms with Gasteiger partial charge in [-0.25, -0.2) is 0 Å². The van der Waals surface area contributed by atoms with E-state index in [0.29, 0.717) is 6.61 Å². The van der Waals surface area contributed by atoms with Crippen LogP contribution in [0.2, 0.25) is 0 Å². The molecule has 1 nitrogen and oxygen atoms in total. The monoisotopic (exact) mass is 98.1 g/mol. The first-order chi connectivity index (χ1) is 3.41. The molecule has 0 saturated carbocycles. The fraction of sp³-hybridized carbons (Fsp3) is 0.333. The molecule has 0 radical (unpaired) electrons. The SMILES string of the molecule is C=COCC=CC. The Balaban J connectivity index is 2.82. The van der Waals surface area contributed by atoms with E-state index in [4.69, 9.17) is 4.74 Å². The van der Waals surface area contributed by atoms with Crippen molar-refractivity contribution in [2.24, 2.45) is 0 Å². The molecule has 0 saturated heterocycles. The van der Waals surface area contributed by atoms with E-state index in [2.05, 4.69) is 6.58 Å². The van der Waals surface area contributed by atoms with Gasteiger partial charge in [0.25, 0.3) is 0 Å². The molecular weight excluding hydrogens is 88.1 g/mol. The molecule has 0 aromatic carbocycles. The van der Waals surface area contributed by atoms with E-state index < -0.39 is 0 Å². The van der Waals surface area contributed by atoms with Crippen molar-refractivity contribution in [1.29, 1.82) is 0 Å². The highest BCUT2D eigenvalue weighted by Crippen LogP contribution is 1.74. The minimum atomic E-state index is 0.639. The van der Waals surface area contributed by atoms with E-state index in [0.717, 1.165) is 0 Å². The lowest BCUT2D eigenvalue weighted by atomic mass is 10.6. The Hall–Kier alpha value is -0.720. The molecule has 40 valence electrons. The standard InChI is InChI=1S/C6H10O/c1-3-5-6-7-4-2/h3-5H,2,6H2,1H3. The first-order valence-corrected chi connectivity index (χ1v) is 2.25. The summed E-state index contributed by atoms with van der Waals surface area (Å²) in [5.41, 5.74) is 0. The lowest BCUT2D eigenvalue weighted by Gasteiger charge is -1.88. The predicted molar refractivity (Wildman–Crippen MR) is 31.0 cm³/mol. The van der Waals surface area contributed by atoms with E-state index in [1.807, 2.05) is 19.1 Å². The van der Waals surface area contributed by atoms with E-state index >= 15 is 0 Å². The highest BCUT2D eigenvalue weighted by atomic mass is 16.5. The smallest absolute Gasteiger partial charge is 0.105 e. The molecule has 0 atom stereocenters. The third-order valence-corrected chi connectivity index (χ3v) is 0.546. The quantitative estimate of drug-likeness (QED) is 0.296. The fourth-order valence-corrected chi connectivity index (χ4v) is 0.220. The van der Waals surface area contributed by atoms with Gasteiger partial charge < -0.3 is 4.74 Å². The first kappa shape index (κ1) is 6.28. The average Bonchev–Trinajstić information content (AvgIpc) is 1.69. The molecule has 0 unspecified atom stereocenters. The molecule has 0 rings (SSSR count). The van der Waals surface area contributed by atoms with Crippen LogP contribution in [0.1, 0.15) is 6.92 Å². The van der Waals surface area contributed by atoms with Crippen LogP contribution in [-0.4, -0.2) is 6.61 Å². The summed E-state index contributed by atoms with van der Waals surface area (Å²) in [7, 11) is 0. The van der Waals surface area contributed by atoms with Crippen molar-refractivity contribution in [3.05, 3.63) is 25.0 Å². The Morgan fingerprint density at radius 3 is 2.86 bits per heavy atom. The van der Waals surface area contributed by atoms with Gasteiger partial charge in [-0.15, -0.1) is 0 Å². The van der Waals surface area contributed by atoms with Crippen LogP contribution in [0, 0.1) is 0 Å². The van der Waals surface area contributed by atoms with Crippen LogP contribution < -0.4 is 0 Å². The van der Waals surface area contributed by atoms with Crippen LogP contribution in [0.5, 0.6) is 0 Å². The van der Waals surface area contributed by atoms with Crippen molar-refractivity contribution in [2.45, 2.75) is 6.92 Å². The molecule has 0 fully saturated rings. The zero-order valence-corrected chi connectivity index (χ0v) is 4.55. The summed E-state index contributed by atoms with van der Waals surface area (Å²) in [6.07, 6.45) is 5.28. The molecule has 0 aliphatic heterocycles. The van der Waals surface area contributed by atoms with Crippen molar-refractivity contribution >= 4 is 0 Å². The van der Waals surface area contributed by atoms with Crippen LogP contribution in [0.4, 0.5) is 0 Å². The topological polar surface area (TPSA) is 9.23 Å². The fourth-order valence-electron chi connectivity index (χ4n) is 0.220. The summed E-state index contributed by atoms with van der Waals surface area (Å²) in [5.74, 6) is 0. The highest BCUT2D eigenvalue weighted by molar-refractivity contribution is 4.76. The second kappa shape index (κ2) is 5.28. The van der Waals surface area contributed by atoms with Crippen molar-refractivity contribution in [3.8, 4) is 0 Å². The van der Waals surface area contributed by atoms with Gasteiger partial charge in [-0.2, -0.15) is 0 Å². The molecule has 0 aliphatic rings. The summed E-state index contributed by atoms with van der Waals surface area (Å²) in [6.45, 7) is 5.97. The summed E-state index contributed by atoms with van der Waals surface area (Å²) in [6, 6.07) is 0. The van der Waals surface area contributed by atoms with Gasteiger partial charge in [0.2, 0.25) is 0 Å². The van der Waals surface area contributed by atoms with Crippen molar-refractivity contribution in [2.75, 3.05) is 6.61 Å². The molecular formula is C6H10O. The van der Waals surface area contributed by atoms with Crippen molar-refractivity contribution < 1.29 is 4.74 Å². The summed E-state index contributed by atoms with van der Waals surface area (Å²) in [5, 5.41) is 0. The van der Waals surface area contributed by atoms with Crippen LogP contribution in [0.15, 0.2) is 25.0 Å². The minimum Gasteiger partial charge on any atom is -0.498 e. The summed E-state index contributed by atoms with van der Waals surface area (Å²) in [4.78, 5) is 0. The molecule has 0 amide bonds. The molecule has 0 N–H and O–H groups in total. The van der Waals surface area contributed by atoms with Crippen molar-refractivity contribution in [3.63, 3.8) is 0 Å². The van der Waals surface area contributed by atoms with E-state index in [1.165, 1.54) is 6.26 Å². The Kier molecular flexibility index (Phi) is 4.74. The second-order valence-electron chi connectivity index (χ2n) is 1.07. The van der Waals surface area contributed by atoms with E-state index in [-0.39, 0.29) is 0 Å². The van der Waals surface area contributed by atoms with Gasteiger partial charge in [0, 0.05) is 0 Å². The molecule has 7 heavy (non-hydrogen) atoms. The van der Waals surface area contributed by atoms with E-state index in [9.17, 15) is 0 Å². The second-order valence-corrected chi connectivity index (χ2v) is 1.07. The van der Waals surface area contributed by atoms with Gasteiger partial charge in [0.05, 0.1) is 6.26 Å². The molecule has 0 bridgehead atoms. The molecule has 1 heteroatoms. The zero-order chi connectivity index (χ0) is 5.54. The molecule has 0 spiro atoms. The van der Waals surface area contributed by atoms with Gasteiger partial charge in [-0.1, -0.05) is 18.7 Å². The third-order valence-electron chi connectivity index (χ3n) is 0.546. The van der Waals surface area contributed by atoms with Crippen LogP contribution >= 0.6 is 0 Å². The molecule has 0 heterocycles. The van der Waals surface area contributed by atoms with Crippen LogP contribution in [0.25, 0.3) is 0 Å². The Bertz CT molecular complexity index is 64.6. The van der Waals surface area contributed by atoms with Gasteiger partial charge in [-0.3, -0.25) is 0 Å². The van der Waals surface area contributed by atoms with Crippen LogP contribution in [0.3, 0.4) is 0 Å². The summed E-state index contributed by atoms with van der Waals surface area (Å²) >= 11 is 0. The molecule has 0 aromatic rings. The van der Waals surface area contributed by atoms with Crippen molar-refractivity contribution in [1.82, 2.24) is 0 Å². The van der Waals surface area contributed by atoms with Gasteiger partial charge in [-0.05, 0) is 6.92 Å². The van der Waals surface area contributed by atoms with E-state index in [1.54, 1.807) is 0 Å². The third kappa shape index (κ3) is 5.28. The maximum absolute atomic E-state index is 4.75. The Morgan fingerprint density at radius 1 is 1.71 bits per heavy atom. The van der Waals surface area contributed by atoms with Crippen LogP contribution in [-0.2, 0) is 4.74 Å². The normalized spacial score (nSPS) is 9.29. The number of hydrogen-bond donors (Lipinski definition) is 0. The number of allylic oxidation sites excluding steroid dienone is 1. The average molecular weight is 98.1 g/mol. The lowest BCUT2D eigenvalue weighted by Crippen LogP contribution is -1.76. The summed E-state index contributed by atoms with van der Waals surface area (Å²) < 4.78 is 4.75. The zero-order valence-electron chi connectivity index (χ0n) is 4.55. The van der Waals surface area contributed by atoms with Gasteiger partial charge in [0.1, 0.15) is 6.61 Å².